The van der Waals surface area contributed by atoms with E-state index in [1.54, 1.807) is 21.7 Å². The molecule has 2 aliphatic heterocycles. The van der Waals surface area contributed by atoms with E-state index in [1.165, 1.54) is 24.3 Å². The van der Waals surface area contributed by atoms with Crippen molar-refractivity contribution in [2.24, 2.45) is 0 Å². The van der Waals surface area contributed by atoms with Crippen LogP contribution in [-0.4, -0.2) is 131 Å². The largest absolute Gasteiger partial charge is 0.457 e. The van der Waals surface area contributed by atoms with E-state index in [4.69, 9.17) is 9.47 Å². The second kappa shape index (κ2) is 20.3. The summed E-state index contributed by atoms with van der Waals surface area (Å²) in [7, 11) is 0. The predicted octanol–water partition coefficient (Wildman–Crippen LogP) is 6.47. The number of rotatable bonds is 13. The van der Waals surface area contributed by atoms with Crippen molar-refractivity contribution in [2.45, 2.75) is 26.9 Å². The molecule has 2 fully saturated rings. The van der Waals surface area contributed by atoms with Crippen LogP contribution in [0.15, 0.2) is 136 Å². The minimum atomic E-state index is -0.0121. The number of hydrogen-bond acceptors (Lipinski definition) is 16. The number of carbonyl (C=O) groups excluding carboxylic acids is 1. The number of anilines is 4. The minimum absolute atomic E-state index is 0.0121. The molecule has 0 unspecified atom stereocenters. The Hall–Kier alpha value is -8.79. The van der Waals surface area contributed by atoms with Gasteiger partial charge in [-0.05, 0) is 103 Å². The first-order chi connectivity index (χ1) is 35.3. The molecule has 10 aromatic rings. The Morgan fingerprint density at radius 1 is 0.583 bits per heavy atom. The maximum absolute atomic E-state index is 11.9. The highest BCUT2D eigenvalue weighted by atomic mass is 16.5. The van der Waals surface area contributed by atoms with Gasteiger partial charge in [-0.15, -0.1) is 0 Å². The summed E-state index contributed by atoms with van der Waals surface area (Å²) in [5.41, 5.74) is 9.54. The summed E-state index contributed by atoms with van der Waals surface area (Å²) in [4.78, 5) is 36.0. The average Bonchev–Trinajstić information content (AvgIpc) is 4.24. The van der Waals surface area contributed by atoms with Gasteiger partial charge in [0.05, 0.1) is 0 Å². The first-order valence-corrected chi connectivity index (χ1v) is 23.7. The first kappa shape index (κ1) is 45.6. The van der Waals surface area contributed by atoms with Crippen LogP contribution in [0.5, 0.6) is 23.0 Å². The second-order valence-electron chi connectivity index (χ2n) is 17.6. The van der Waals surface area contributed by atoms with E-state index in [1.807, 2.05) is 107 Å². The standard InChI is InChI=1S/C27H27N9O2.C24H25N9O/c1-3-25(37)34-12-10-33(11-13-34)16-20-6-8-36-26(20)27(29-18-31-36)32-21-4-5-23(19(2)14-21)38-22-7-9-35-24(15-22)28-17-30-35;1-17-12-19(2-3-21(17)34-20-5-9-32-22(13-20)26-15-28-32)30-24-23-18(4-8-33(23)29-16-27-24)14-31-10-6-25-7-11-31/h3-9,14-15,17-18H,1,10-13,16H2,2H3,(H,29,31,32);2-5,8-9,12-13,15-16,25H,6-7,10-11,14H2,1H3,(H,27,29,30). The van der Waals surface area contributed by atoms with Crippen molar-refractivity contribution in [1.29, 1.82) is 0 Å². The Morgan fingerprint density at radius 2 is 1.04 bits per heavy atom. The van der Waals surface area contributed by atoms with E-state index in [2.05, 4.69) is 90.9 Å². The summed E-state index contributed by atoms with van der Waals surface area (Å²) >= 11 is 0. The highest BCUT2D eigenvalue weighted by Crippen LogP contribution is 2.32. The normalized spacial score (nSPS) is 14.4. The molecule has 364 valence electrons. The molecule has 3 N–H and O–H groups in total. The van der Waals surface area contributed by atoms with Crippen molar-refractivity contribution in [3.8, 4) is 23.0 Å². The number of aromatic nitrogens is 12. The number of nitrogens with one attached hydrogen (secondary N) is 3. The fourth-order valence-corrected chi connectivity index (χ4v) is 9.01. The van der Waals surface area contributed by atoms with Gasteiger partial charge in [0.2, 0.25) is 5.91 Å². The summed E-state index contributed by atoms with van der Waals surface area (Å²) in [6.07, 6.45) is 15.1. The number of benzene rings is 2. The molecule has 10 heterocycles. The van der Waals surface area contributed by atoms with E-state index >= 15 is 0 Å². The maximum atomic E-state index is 11.9. The fourth-order valence-electron chi connectivity index (χ4n) is 9.01. The molecule has 2 aromatic carbocycles. The van der Waals surface area contributed by atoms with Crippen molar-refractivity contribution in [3.63, 3.8) is 0 Å². The maximum Gasteiger partial charge on any atom is 0.246 e. The molecule has 0 aliphatic carbocycles. The number of fused-ring (bicyclic) bond motifs is 4. The molecule has 21 nitrogen and oxygen atoms in total. The van der Waals surface area contributed by atoms with Crippen molar-refractivity contribution in [2.75, 3.05) is 63.0 Å². The third-order valence-corrected chi connectivity index (χ3v) is 12.8. The molecule has 2 saturated heterocycles. The summed E-state index contributed by atoms with van der Waals surface area (Å²) in [5.74, 6) is 4.45. The summed E-state index contributed by atoms with van der Waals surface area (Å²) in [5, 5.41) is 27.4. The lowest BCUT2D eigenvalue weighted by Crippen LogP contribution is -2.47. The Balaban J connectivity index is 0.000000157. The highest BCUT2D eigenvalue weighted by molar-refractivity contribution is 5.87. The van der Waals surface area contributed by atoms with Crippen LogP contribution in [0.25, 0.3) is 22.3 Å². The van der Waals surface area contributed by atoms with Crippen LogP contribution in [0.1, 0.15) is 22.3 Å². The fraction of sp³-hybridized carbons (Fsp3) is 0.235. The van der Waals surface area contributed by atoms with Gasteiger partial charge in [0.25, 0.3) is 0 Å². The van der Waals surface area contributed by atoms with E-state index in [0.29, 0.717) is 24.6 Å². The number of amides is 1. The van der Waals surface area contributed by atoms with Crippen LogP contribution < -0.4 is 25.4 Å². The van der Waals surface area contributed by atoms with Gasteiger partial charge in [-0.3, -0.25) is 14.6 Å². The van der Waals surface area contributed by atoms with Gasteiger partial charge in [-0.1, -0.05) is 6.58 Å². The molecule has 0 saturated carbocycles. The Labute approximate surface area is 413 Å². The highest BCUT2D eigenvalue weighted by Gasteiger charge is 2.22. The minimum Gasteiger partial charge on any atom is -0.457 e. The zero-order chi connectivity index (χ0) is 49.0. The van der Waals surface area contributed by atoms with Gasteiger partial charge in [0.1, 0.15) is 59.3 Å². The molecular formula is C51H52N18O3. The molecule has 1 amide bonds. The predicted molar refractivity (Wildman–Crippen MR) is 271 cm³/mol. The molecule has 2 aliphatic rings. The summed E-state index contributed by atoms with van der Waals surface area (Å²) < 4.78 is 19.3. The third-order valence-electron chi connectivity index (χ3n) is 12.8. The molecule has 0 bridgehead atoms. The monoisotopic (exact) mass is 964 g/mol. The van der Waals surface area contributed by atoms with Gasteiger partial charge in [-0.25, -0.2) is 38.0 Å². The van der Waals surface area contributed by atoms with Gasteiger partial charge in [0, 0.05) is 114 Å². The number of nitrogens with zero attached hydrogens (tertiary/aromatic N) is 15. The third kappa shape index (κ3) is 9.97. The molecule has 21 heteroatoms. The van der Waals surface area contributed by atoms with Gasteiger partial charge in [0.15, 0.2) is 22.9 Å². The average molecular weight is 965 g/mol. The zero-order valence-electron chi connectivity index (χ0n) is 39.8. The van der Waals surface area contributed by atoms with E-state index in [0.717, 1.165) is 126 Å². The molecule has 0 spiro atoms. The topological polar surface area (TPSA) is 202 Å². The smallest absolute Gasteiger partial charge is 0.246 e. The lowest BCUT2D eigenvalue weighted by atomic mass is 10.2. The van der Waals surface area contributed by atoms with Crippen LogP contribution in [0, 0.1) is 13.8 Å². The van der Waals surface area contributed by atoms with Crippen LogP contribution >= 0.6 is 0 Å². The summed E-state index contributed by atoms with van der Waals surface area (Å²) in [6, 6.07) is 23.6. The Bertz CT molecular complexity index is 3550. The van der Waals surface area contributed by atoms with Gasteiger partial charge >= 0.3 is 0 Å². The lowest BCUT2D eigenvalue weighted by Gasteiger charge is -2.34. The van der Waals surface area contributed by atoms with E-state index in [-0.39, 0.29) is 5.91 Å². The number of hydrogen-bond donors (Lipinski definition) is 3. The van der Waals surface area contributed by atoms with Crippen molar-refractivity contribution in [3.05, 3.63) is 158 Å². The number of carbonyl (C=O) groups is 1. The van der Waals surface area contributed by atoms with Gasteiger partial charge in [-0.2, -0.15) is 20.4 Å². The van der Waals surface area contributed by atoms with Crippen LogP contribution in [0.2, 0.25) is 0 Å². The number of ether oxygens (including phenoxy) is 2. The number of piperazine rings is 2. The van der Waals surface area contributed by atoms with Crippen molar-refractivity contribution in [1.82, 2.24) is 78.4 Å². The SMILES string of the molecule is C=CC(=O)N1CCN(Cc2ccn3ncnc(Nc4ccc(Oc5ccn6ncnc6c5)c(C)c4)c23)CC1.Cc1cc(Nc2ncnn3ccc(CN4CCNCC4)c23)ccc1Oc1ccn2ncnc2c1. The lowest BCUT2D eigenvalue weighted by molar-refractivity contribution is -0.127. The van der Waals surface area contributed by atoms with Crippen LogP contribution in [0.3, 0.4) is 0 Å². The Morgan fingerprint density at radius 3 is 1.53 bits per heavy atom. The zero-order valence-corrected chi connectivity index (χ0v) is 39.8. The molecule has 0 atom stereocenters. The van der Waals surface area contributed by atoms with E-state index in [9.17, 15) is 4.79 Å². The molecular weight excluding hydrogens is 913 g/mol. The number of pyridine rings is 2. The first-order valence-electron chi connectivity index (χ1n) is 23.7. The quantitative estimate of drug-likeness (QED) is 0.106. The summed E-state index contributed by atoms with van der Waals surface area (Å²) in [6.45, 7) is 16.4. The van der Waals surface area contributed by atoms with Gasteiger partial charge < -0.3 is 30.3 Å². The van der Waals surface area contributed by atoms with Crippen molar-refractivity contribution < 1.29 is 14.3 Å². The van der Waals surface area contributed by atoms with Crippen molar-refractivity contribution >= 4 is 51.2 Å². The molecule has 72 heavy (non-hydrogen) atoms. The van der Waals surface area contributed by atoms with Crippen LogP contribution in [0.4, 0.5) is 23.0 Å². The molecule has 12 rings (SSSR count). The Kier molecular flexibility index (Phi) is 12.9. The molecule has 8 aromatic heterocycles. The number of aryl methyl sites for hydroxylation is 2. The van der Waals surface area contributed by atoms with E-state index < -0.39 is 0 Å². The molecule has 0 radical (unpaired) electrons. The second-order valence-corrected chi connectivity index (χ2v) is 17.6. The van der Waals surface area contributed by atoms with Crippen LogP contribution in [-0.2, 0) is 17.9 Å².